The van der Waals surface area contributed by atoms with Crippen LogP contribution < -0.4 is 5.32 Å². The van der Waals surface area contributed by atoms with Crippen LogP contribution in [0.4, 0.5) is 0 Å². The lowest BCUT2D eigenvalue weighted by atomic mass is 10.0. The molecule has 3 heteroatoms. The van der Waals surface area contributed by atoms with E-state index in [1.54, 1.807) is 11.3 Å². The number of aryl methyl sites for hydroxylation is 1. The van der Waals surface area contributed by atoms with Gasteiger partial charge < -0.3 is 5.32 Å². The topological polar surface area (TPSA) is 24.9 Å². The van der Waals surface area contributed by atoms with Crippen LogP contribution in [0.2, 0.25) is 0 Å². The highest BCUT2D eigenvalue weighted by Crippen LogP contribution is 2.13. The Morgan fingerprint density at radius 3 is 2.73 bits per heavy atom. The minimum absolute atomic E-state index is 0.599. The molecule has 0 aliphatic carbocycles. The molecule has 0 radical (unpaired) electrons. The van der Waals surface area contributed by atoms with Crippen molar-refractivity contribution in [3.8, 4) is 0 Å². The number of nitrogens with zero attached hydrogens (tertiary/aromatic N) is 1. The lowest BCUT2D eigenvalue weighted by molar-refractivity contribution is 0.413. The lowest BCUT2D eigenvalue weighted by Crippen LogP contribution is -2.26. The van der Waals surface area contributed by atoms with E-state index < -0.39 is 0 Å². The van der Waals surface area contributed by atoms with E-state index in [0.717, 1.165) is 17.5 Å². The summed E-state index contributed by atoms with van der Waals surface area (Å²) in [5.41, 5.74) is 0. The van der Waals surface area contributed by atoms with Gasteiger partial charge in [-0.1, -0.05) is 20.3 Å². The zero-order valence-corrected chi connectivity index (χ0v) is 11.0. The molecule has 1 aromatic heterocycles. The predicted octanol–water partition coefficient (Wildman–Crippen LogP) is 3.37. The molecule has 0 amide bonds. The average Bonchev–Trinajstić information content (AvgIpc) is 2.61. The minimum Gasteiger partial charge on any atom is -0.309 e. The summed E-state index contributed by atoms with van der Waals surface area (Å²) in [5, 5.41) is 4.70. The fourth-order valence-electron chi connectivity index (χ4n) is 1.62. The number of hydrogen-bond acceptors (Lipinski definition) is 3. The van der Waals surface area contributed by atoms with Gasteiger partial charge in [-0.3, -0.25) is 0 Å². The molecule has 0 aliphatic heterocycles. The first-order chi connectivity index (χ1) is 7.11. The predicted molar refractivity (Wildman–Crippen MR) is 67.2 cm³/mol. The van der Waals surface area contributed by atoms with Crippen molar-refractivity contribution in [2.75, 3.05) is 0 Å². The highest BCUT2D eigenvalue weighted by molar-refractivity contribution is 7.11. The van der Waals surface area contributed by atoms with Crippen molar-refractivity contribution >= 4 is 11.3 Å². The summed E-state index contributed by atoms with van der Waals surface area (Å²) >= 11 is 1.78. The van der Waals surface area contributed by atoms with Crippen LogP contribution in [0, 0.1) is 12.8 Å². The summed E-state index contributed by atoms with van der Waals surface area (Å²) in [7, 11) is 0. The van der Waals surface area contributed by atoms with Crippen molar-refractivity contribution in [2.45, 2.75) is 53.1 Å². The van der Waals surface area contributed by atoms with E-state index in [9.17, 15) is 0 Å². The van der Waals surface area contributed by atoms with Crippen LogP contribution >= 0.6 is 11.3 Å². The van der Waals surface area contributed by atoms with Gasteiger partial charge in [0, 0.05) is 23.7 Å². The normalized spacial score (nSPS) is 15.2. The molecule has 0 saturated carbocycles. The lowest BCUT2D eigenvalue weighted by Gasteiger charge is -2.16. The first-order valence-corrected chi connectivity index (χ1v) is 6.58. The third-order valence-corrected chi connectivity index (χ3v) is 3.66. The summed E-state index contributed by atoms with van der Waals surface area (Å²) < 4.78 is 0. The number of rotatable bonds is 6. The molecule has 0 bridgehead atoms. The van der Waals surface area contributed by atoms with Crippen LogP contribution in [0.5, 0.6) is 0 Å². The third-order valence-electron chi connectivity index (χ3n) is 2.75. The van der Waals surface area contributed by atoms with Crippen LogP contribution in [-0.2, 0) is 6.54 Å². The van der Waals surface area contributed by atoms with Crippen LogP contribution in [-0.4, -0.2) is 11.0 Å². The highest BCUT2D eigenvalue weighted by Gasteiger charge is 2.07. The molecular formula is C12H22N2S. The smallest absolute Gasteiger partial charge is 0.0897 e. The third kappa shape index (κ3) is 4.76. The number of aromatic nitrogens is 1. The van der Waals surface area contributed by atoms with Crippen LogP contribution in [0.25, 0.3) is 0 Å². The second kappa shape index (κ2) is 6.23. The van der Waals surface area contributed by atoms with Gasteiger partial charge >= 0.3 is 0 Å². The Morgan fingerprint density at radius 1 is 1.47 bits per heavy atom. The van der Waals surface area contributed by atoms with E-state index in [1.165, 1.54) is 17.7 Å². The molecule has 0 fully saturated rings. The molecule has 2 atom stereocenters. The molecule has 1 N–H and O–H groups in total. The van der Waals surface area contributed by atoms with Gasteiger partial charge in [0.1, 0.15) is 0 Å². The van der Waals surface area contributed by atoms with Gasteiger partial charge in [-0.2, -0.15) is 0 Å². The van der Waals surface area contributed by atoms with Crippen LogP contribution in [0.1, 0.15) is 43.5 Å². The molecule has 15 heavy (non-hydrogen) atoms. The fourth-order valence-corrected chi connectivity index (χ4v) is 2.36. The molecule has 0 saturated heterocycles. The molecule has 2 nitrogen and oxygen atoms in total. The minimum atomic E-state index is 0.599. The molecule has 0 aliphatic rings. The highest BCUT2D eigenvalue weighted by atomic mass is 32.1. The van der Waals surface area contributed by atoms with Crippen molar-refractivity contribution in [2.24, 2.45) is 5.92 Å². The Hall–Kier alpha value is -0.410. The van der Waals surface area contributed by atoms with Crippen molar-refractivity contribution in [1.29, 1.82) is 0 Å². The summed E-state index contributed by atoms with van der Waals surface area (Å²) in [6.07, 6.45) is 4.50. The standard InChI is InChI=1S/C12H22N2S/c1-5-9(2)6-10(3)13-7-12-8-14-11(4)15-12/h8-10,13H,5-7H2,1-4H3. The Bertz CT molecular complexity index is 283. The molecule has 2 unspecified atom stereocenters. The molecule has 0 aromatic carbocycles. The van der Waals surface area contributed by atoms with E-state index in [4.69, 9.17) is 0 Å². The molecule has 1 rings (SSSR count). The molecule has 1 aromatic rings. The van der Waals surface area contributed by atoms with E-state index in [1.807, 2.05) is 6.20 Å². The van der Waals surface area contributed by atoms with Crippen LogP contribution in [0.15, 0.2) is 6.20 Å². The fraction of sp³-hybridized carbons (Fsp3) is 0.750. The SMILES string of the molecule is CCC(C)CC(C)NCc1cnc(C)s1. The maximum atomic E-state index is 4.25. The average molecular weight is 226 g/mol. The van der Waals surface area contributed by atoms with Crippen molar-refractivity contribution in [3.63, 3.8) is 0 Å². The number of nitrogens with one attached hydrogen (secondary N) is 1. The maximum absolute atomic E-state index is 4.25. The van der Waals surface area contributed by atoms with E-state index >= 15 is 0 Å². The summed E-state index contributed by atoms with van der Waals surface area (Å²) in [5.74, 6) is 0.815. The van der Waals surface area contributed by atoms with E-state index in [2.05, 4.69) is 38.0 Å². The van der Waals surface area contributed by atoms with Crippen molar-refractivity contribution < 1.29 is 0 Å². The first kappa shape index (κ1) is 12.7. The van der Waals surface area contributed by atoms with Gasteiger partial charge in [0.05, 0.1) is 5.01 Å². The molecular weight excluding hydrogens is 204 g/mol. The van der Waals surface area contributed by atoms with Gasteiger partial charge in [0.15, 0.2) is 0 Å². The van der Waals surface area contributed by atoms with E-state index in [0.29, 0.717) is 6.04 Å². The summed E-state index contributed by atoms with van der Waals surface area (Å²) in [4.78, 5) is 5.59. The van der Waals surface area contributed by atoms with E-state index in [-0.39, 0.29) is 0 Å². The van der Waals surface area contributed by atoms with Crippen molar-refractivity contribution in [3.05, 3.63) is 16.1 Å². The number of hydrogen-bond donors (Lipinski definition) is 1. The van der Waals surface area contributed by atoms with Gasteiger partial charge in [-0.05, 0) is 26.2 Å². The quantitative estimate of drug-likeness (QED) is 0.804. The van der Waals surface area contributed by atoms with Gasteiger partial charge in [0.2, 0.25) is 0 Å². The van der Waals surface area contributed by atoms with Gasteiger partial charge in [-0.15, -0.1) is 11.3 Å². The Kier molecular flexibility index (Phi) is 5.26. The van der Waals surface area contributed by atoms with Crippen molar-refractivity contribution in [1.82, 2.24) is 10.3 Å². The summed E-state index contributed by atoms with van der Waals surface area (Å²) in [6.45, 7) is 9.85. The largest absolute Gasteiger partial charge is 0.309 e. The monoisotopic (exact) mass is 226 g/mol. The maximum Gasteiger partial charge on any atom is 0.0897 e. The summed E-state index contributed by atoms with van der Waals surface area (Å²) in [6, 6.07) is 0.599. The Labute approximate surface area is 97.1 Å². The van der Waals surface area contributed by atoms with Crippen LogP contribution in [0.3, 0.4) is 0 Å². The van der Waals surface area contributed by atoms with Gasteiger partial charge in [-0.25, -0.2) is 4.98 Å². The Balaban J connectivity index is 2.25. The second-order valence-corrected chi connectivity index (χ2v) is 5.70. The molecule has 0 spiro atoms. The number of thiazole rings is 1. The second-order valence-electron chi connectivity index (χ2n) is 4.38. The zero-order valence-electron chi connectivity index (χ0n) is 10.2. The first-order valence-electron chi connectivity index (χ1n) is 5.76. The zero-order chi connectivity index (χ0) is 11.3. The van der Waals surface area contributed by atoms with Gasteiger partial charge in [0.25, 0.3) is 0 Å². The molecule has 86 valence electrons. The Morgan fingerprint density at radius 2 is 2.20 bits per heavy atom. The molecule has 1 heterocycles.